The van der Waals surface area contributed by atoms with Crippen LogP contribution in [0.25, 0.3) is 10.9 Å². The Morgan fingerprint density at radius 1 is 0.897 bits per heavy atom. The monoisotopic (exact) mass is 392 g/mol. The Labute approximate surface area is 171 Å². The zero-order valence-corrected chi connectivity index (χ0v) is 17.9. The molecule has 1 N–H and O–H groups in total. The van der Waals surface area contributed by atoms with Crippen LogP contribution in [0.5, 0.6) is 0 Å². The summed E-state index contributed by atoms with van der Waals surface area (Å²) >= 11 is 0. The molecule has 3 aromatic rings. The van der Waals surface area contributed by atoms with E-state index in [-0.39, 0.29) is 11.3 Å². The zero-order valence-electron chi connectivity index (χ0n) is 17.9. The maximum Gasteiger partial charge on any atom is 0.418 e. The lowest BCUT2D eigenvalue weighted by Crippen LogP contribution is -2.26. The van der Waals surface area contributed by atoms with Crippen molar-refractivity contribution in [2.24, 2.45) is 0 Å². The standard InChI is InChI=1S/C24H28N2O3/c1-23(2,3)18-10-7-17(8-11-18)21(27)25-19-12-9-16-13-14-26(20(16)15-19)22(28)29-24(4,5)6/h7-15H,1-6H3,(H,25,27). The topological polar surface area (TPSA) is 60.3 Å². The van der Waals surface area contributed by atoms with Gasteiger partial charge in [-0.05, 0) is 62.1 Å². The molecule has 1 aromatic heterocycles. The molecule has 2 aromatic carbocycles. The molecule has 0 aliphatic carbocycles. The van der Waals surface area contributed by atoms with Gasteiger partial charge in [0.25, 0.3) is 5.91 Å². The van der Waals surface area contributed by atoms with Crippen LogP contribution in [-0.2, 0) is 10.2 Å². The highest BCUT2D eigenvalue weighted by atomic mass is 16.6. The van der Waals surface area contributed by atoms with Gasteiger partial charge in [0, 0.05) is 22.8 Å². The third kappa shape index (κ3) is 4.86. The highest BCUT2D eigenvalue weighted by Gasteiger charge is 2.19. The molecule has 1 amide bonds. The summed E-state index contributed by atoms with van der Waals surface area (Å²) in [5.74, 6) is -0.194. The van der Waals surface area contributed by atoms with Gasteiger partial charge >= 0.3 is 6.09 Å². The number of anilines is 1. The van der Waals surface area contributed by atoms with Crippen molar-refractivity contribution in [3.05, 3.63) is 65.9 Å². The van der Waals surface area contributed by atoms with Gasteiger partial charge in [-0.15, -0.1) is 0 Å². The highest BCUT2D eigenvalue weighted by Crippen LogP contribution is 2.24. The summed E-state index contributed by atoms with van der Waals surface area (Å²) in [6.45, 7) is 11.9. The molecule has 0 saturated heterocycles. The van der Waals surface area contributed by atoms with E-state index < -0.39 is 11.7 Å². The Bertz CT molecular complexity index is 1050. The Morgan fingerprint density at radius 3 is 2.14 bits per heavy atom. The Balaban J connectivity index is 1.82. The second kappa shape index (κ2) is 7.39. The quantitative estimate of drug-likeness (QED) is 0.584. The molecule has 1 heterocycles. The van der Waals surface area contributed by atoms with E-state index >= 15 is 0 Å². The minimum absolute atomic E-state index is 0.0348. The number of amides is 1. The van der Waals surface area contributed by atoms with E-state index in [4.69, 9.17) is 4.74 Å². The number of rotatable bonds is 2. The van der Waals surface area contributed by atoms with Gasteiger partial charge in [-0.3, -0.25) is 9.36 Å². The van der Waals surface area contributed by atoms with Crippen molar-refractivity contribution in [3.8, 4) is 0 Å². The lowest BCUT2D eigenvalue weighted by molar-refractivity contribution is 0.0544. The molecule has 5 heteroatoms. The van der Waals surface area contributed by atoms with Crippen LogP contribution < -0.4 is 5.32 Å². The fraction of sp³-hybridized carbons (Fsp3) is 0.333. The number of nitrogens with one attached hydrogen (secondary N) is 1. The van der Waals surface area contributed by atoms with Crippen LogP contribution >= 0.6 is 0 Å². The van der Waals surface area contributed by atoms with E-state index in [9.17, 15) is 9.59 Å². The van der Waals surface area contributed by atoms with Gasteiger partial charge in [-0.25, -0.2) is 4.79 Å². The third-order valence-electron chi connectivity index (χ3n) is 4.55. The van der Waals surface area contributed by atoms with Crippen LogP contribution in [0, 0.1) is 0 Å². The fourth-order valence-electron chi connectivity index (χ4n) is 3.00. The molecule has 29 heavy (non-hydrogen) atoms. The van der Waals surface area contributed by atoms with E-state index in [0.29, 0.717) is 16.8 Å². The maximum atomic E-state index is 12.6. The predicted octanol–water partition coefficient (Wildman–Crippen LogP) is 5.97. The molecule has 0 fully saturated rings. The third-order valence-corrected chi connectivity index (χ3v) is 4.55. The molecule has 0 spiro atoms. The van der Waals surface area contributed by atoms with E-state index in [1.54, 1.807) is 12.3 Å². The molecule has 5 nitrogen and oxygen atoms in total. The van der Waals surface area contributed by atoms with E-state index in [1.165, 1.54) is 10.1 Å². The average Bonchev–Trinajstić information content (AvgIpc) is 3.03. The number of ether oxygens (including phenoxy) is 1. The largest absolute Gasteiger partial charge is 0.443 e. The van der Waals surface area contributed by atoms with Gasteiger partial charge < -0.3 is 10.1 Å². The normalized spacial score (nSPS) is 12.1. The first-order valence-corrected chi connectivity index (χ1v) is 9.70. The summed E-state index contributed by atoms with van der Waals surface area (Å²) in [6, 6.07) is 14.9. The van der Waals surface area contributed by atoms with Crippen LogP contribution in [0.4, 0.5) is 10.5 Å². The van der Waals surface area contributed by atoms with Crippen LogP contribution in [0.3, 0.4) is 0 Å². The lowest BCUT2D eigenvalue weighted by atomic mass is 9.87. The average molecular weight is 392 g/mol. The molecular weight excluding hydrogens is 364 g/mol. The molecular formula is C24H28N2O3. The first kappa shape index (κ1) is 20.6. The minimum atomic E-state index is -0.585. The number of nitrogens with zero attached hydrogens (tertiary/aromatic N) is 1. The van der Waals surface area contributed by atoms with Crippen molar-refractivity contribution in [3.63, 3.8) is 0 Å². The van der Waals surface area contributed by atoms with Gasteiger partial charge in [-0.2, -0.15) is 0 Å². The summed E-state index contributed by atoms with van der Waals surface area (Å²) < 4.78 is 6.91. The Kier molecular flexibility index (Phi) is 5.26. The first-order valence-electron chi connectivity index (χ1n) is 9.70. The summed E-state index contributed by atoms with van der Waals surface area (Å²) in [6.07, 6.45) is 1.23. The van der Waals surface area contributed by atoms with Crippen molar-refractivity contribution < 1.29 is 14.3 Å². The molecule has 0 aliphatic rings. The molecule has 152 valence electrons. The van der Waals surface area contributed by atoms with E-state index in [2.05, 4.69) is 26.1 Å². The molecule has 0 aliphatic heterocycles. The summed E-state index contributed by atoms with van der Waals surface area (Å²) in [4.78, 5) is 25.1. The van der Waals surface area contributed by atoms with Crippen molar-refractivity contribution in [2.45, 2.75) is 52.6 Å². The molecule has 0 atom stereocenters. The van der Waals surface area contributed by atoms with E-state index in [1.807, 2.05) is 63.2 Å². The van der Waals surface area contributed by atoms with Crippen molar-refractivity contribution >= 4 is 28.6 Å². The minimum Gasteiger partial charge on any atom is -0.443 e. The van der Waals surface area contributed by atoms with Crippen molar-refractivity contribution in [1.82, 2.24) is 4.57 Å². The van der Waals surface area contributed by atoms with Gasteiger partial charge in [0.1, 0.15) is 5.60 Å². The molecule has 0 unspecified atom stereocenters. The number of carbonyl (C=O) groups is 2. The van der Waals surface area contributed by atoms with E-state index in [0.717, 1.165) is 5.39 Å². The Hall–Kier alpha value is -3.08. The summed E-state index contributed by atoms with van der Waals surface area (Å²) in [7, 11) is 0. The lowest BCUT2D eigenvalue weighted by Gasteiger charge is -2.20. The van der Waals surface area contributed by atoms with Crippen LogP contribution in [0.2, 0.25) is 0 Å². The fourth-order valence-corrected chi connectivity index (χ4v) is 3.00. The second-order valence-corrected chi connectivity index (χ2v) is 9.22. The van der Waals surface area contributed by atoms with Gasteiger partial charge in [0.05, 0.1) is 5.52 Å². The Morgan fingerprint density at radius 2 is 1.55 bits per heavy atom. The number of hydrogen-bond donors (Lipinski definition) is 1. The van der Waals surface area contributed by atoms with Gasteiger partial charge in [-0.1, -0.05) is 39.0 Å². The first-order chi connectivity index (χ1) is 13.4. The number of benzene rings is 2. The predicted molar refractivity (Wildman–Crippen MR) is 117 cm³/mol. The molecule has 0 radical (unpaired) electrons. The number of fused-ring (bicyclic) bond motifs is 1. The smallest absolute Gasteiger partial charge is 0.418 e. The van der Waals surface area contributed by atoms with Crippen LogP contribution in [0.15, 0.2) is 54.7 Å². The maximum absolute atomic E-state index is 12.6. The molecule has 0 saturated carbocycles. The van der Waals surface area contributed by atoms with Crippen LogP contribution in [0.1, 0.15) is 57.5 Å². The molecule has 0 bridgehead atoms. The zero-order chi connectivity index (χ0) is 21.4. The second-order valence-electron chi connectivity index (χ2n) is 9.22. The number of carbonyl (C=O) groups excluding carboxylic acids is 2. The van der Waals surface area contributed by atoms with Crippen molar-refractivity contribution in [1.29, 1.82) is 0 Å². The van der Waals surface area contributed by atoms with Gasteiger partial charge in [0.2, 0.25) is 0 Å². The summed E-state index contributed by atoms with van der Waals surface area (Å²) in [5.41, 5.74) is 2.50. The number of aromatic nitrogens is 1. The van der Waals surface area contributed by atoms with Gasteiger partial charge in [0.15, 0.2) is 0 Å². The number of hydrogen-bond acceptors (Lipinski definition) is 3. The molecule has 3 rings (SSSR count). The van der Waals surface area contributed by atoms with Crippen molar-refractivity contribution in [2.75, 3.05) is 5.32 Å². The SMILES string of the molecule is CC(C)(C)OC(=O)n1ccc2ccc(NC(=O)c3ccc(C(C)(C)C)cc3)cc21. The van der Waals surface area contributed by atoms with Crippen LogP contribution in [-0.4, -0.2) is 22.2 Å². The summed E-state index contributed by atoms with van der Waals surface area (Å²) in [5, 5.41) is 3.80. The highest BCUT2D eigenvalue weighted by molar-refractivity contribution is 6.05.